The molecule has 108 valence electrons. The quantitative estimate of drug-likeness (QED) is 0.883. The lowest BCUT2D eigenvalue weighted by molar-refractivity contribution is 0.221. The van der Waals surface area contributed by atoms with Gasteiger partial charge in [0.05, 0.1) is 0 Å². The van der Waals surface area contributed by atoms with Crippen LogP contribution in [0.4, 0.5) is 4.39 Å². The SMILES string of the molecule is CC(N)C(c1cccc(F)c1)N(C)CCc1cccs1. The van der Waals surface area contributed by atoms with Crippen LogP contribution in [0.5, 0.6) is 0 Å². The summed E-state index contributed by atoms with van der Waals surface area (Å²) in [6.07, 6.45) is 0.993. The van der Waals surface area contributed by atoms with Crippen molar-refractivity contribution in [1.82, 2.24) is 4.90 Å². The Labute approximate surface area is 124 Å². The first kappa shape index (κ1) is 15.2. The number of nitrogens with zero attached hydrogens (tertiary/aromatic N) is 1. The van der Waals surface area contributed by atoms with E-state index in [9.17, 15) is 4.39 Å². The lowest BCUT2D eigenvalue weighted by atomic mass is 9.99. The summed E-state index contributed by atoms with van der Waals surface area (Å²) in [5, 5.41) is 2.09. The van der Waals surface area contributed by atoms with Crippen LogP contribution in [-0.2, 0) is 6.42 Å². The molecule has 0 aliphatic rings. The minimum atomic E-state index is -0.209. The topological polar surface area (TPSA) is 29.3 Å². The van der Waals surface area contributed by atoms with Gasteiger partial charge in [-0.1, -0.05) is 18.2 Å². The second-order valence-corrected chi connectivity index (χ2v) is 6.20. The zero-order valence-electron chi connectivity index (χ0n) is 11.9. The molecule has 0 aliphatic heterocycles. The highest BCUT2D eigenvalue weighted by Crippen LogP contribution is 2.23. The number of hydrogen-bond acceptors (Lipinski definition) is 3. The van der Waals surface area contributed by atoms with Gasteiger partial charge in [0.15, 0.2) is 0 Å². The van der Waals surface area contributed by atoms with Crippen LogP contribution >= 0.6 is 11.3 Å². The van der Waals surface area contributed by atoms with Gasteiger partial charge in [0, 0.05) is 23.5 Å². The minimum Gasteiger partial charge on any atom is -0.326 e. The molecule has 20 heavy (non-hydrogen) atoms. The number of rotatable bonds is 6. The maximum Gasteiger partial charge on any atom is 0.123 e. The van der Waals surface area contributed by atoms with Crippen molar-refractivity contribution in [2.45, 2.75) is 25.4 Å². The third-order valence-electron chi connectivity index (χ3n) is 3.45. The van der Waals surface area contributed by atoms with Crippen molar-refractivity contribution in [1.29, 1.82) is 0 Å². The summed E-state index contributed by atoms with van der Waals surface area (Å²) in [6, 6.07) is 10.9. The van der Waals surface area contributed by atoms with Crippen LogP contribution in [0.1, 0.15) is 23.4 Å². The molecule has 2 N–H and O–H groups in total. The van der Waals surface area contributed by atoms with Crippen LogP contribution in [0.25, 0.3) is 0 Å². The molecule has 1 aromatic heterocycles. The Morgan fingerprint density at radius 2 is 2.10 bits per heavy atom. The maximum atomic E-state index is 13.4. The molecular formula is C16H21FN2S. The van der Waals surface area contributed by atoms with Crippen LogP contribution in [0, 0.1) is 5.82 Å². The van der Waals surface area contributed by atoms with E-state index >= 15 is 0 Å². The van der Waals surface area contributed by atoms with Crippen molar-refractivity contribution >= 4 is 11.3 Å². The summed E-state index contributed by atoms with van der Waals surface area (Å²) in [4.78, 5) is 3.57. The van der Waals surface area contributed by atoms with Crippen LogP contribution in [0.15, 0.2) is 41.8 Å². The summed E-state index contributed by atoms with van der Waals surface area (Å²) in [5.74, 6) is -0.209. The van der Waals surface area contributed by atoms with Gasteiger partial charge in [-0.05, 0) is 49.5 Å². The zero-order valence-corrected chi connectivity index (χ0v) is 12.7. The second-order valence-electron chi connectivity index (χ2n) is 5.17. The van der Waals surface area contributed by atoms with E-state index in [0.29, 0.717) is 0 Å². The number of thiophene rings is 1. The molecular weight excluding hydrogens is 271 g/mol. The summed E-state index contributed by atoms with van der Waals surface area (Å²) in [5.41, 5.74) is 7.05. The molecule has 0 aliphatic carbocycles. The fourth-order valence-corrected chi connectivity index (χ4v) is 3.23. The molecule has 0 radical (unpaired) electrons. The number of halogens is 1. The molecule has 1 heterocycles. The monoisotopic (exact) mass is 292 g/mol. The van der Waals surface area contributed by atoms with E-state index in [-0.39, 0.29) is 17.9 Å². The first-order valence-corrected chi connectivity index (χ1v) is 7.69. The van der Waals surface area contributed by atoms with Crippen LogP contribution < -0.4 is 5.73 Å². The van der Waals surface area contributed by atoms with Gasteiger partial charge >= 0.3 is 0 Å². The van der Waals surface area contributed by atoms with Crippen LogP contribution in [0.2, 0.25) is 0 Å². The first-order valence-electron chi connectivity index (χ1n) is 6.81. The molecule has 2 nitrogen and oxygen atoms in total. The Balaban J connectivity index is 2.07. The molecule has 4 heteroatoms. The summed E-state index contributed by atoms with van der Waals surface area (Å²) >= 11 is 1.77. The molecule has 2 atom stereocenters. The fraction of sp³-hybridized carbons (Fsp3) is 0.375. The van der Waals surface area contributed by atoms with E-state index in [2.05, 4.69) is 22.4 Å². The van der Waals surface area contributed by atoms with E-state index in [1.807, 2.05) is 20.0 Å². The summed E-state index contributed by atoms with van der Waals surface area (Å²) in [7, 11) is 2.05. The van der Waals surface area contributed by atoms with Gasteiger partial charge in [0.2, 0.25) is 0 Å². The van der Waals surface area contributed by atoms with Gasteiger partial charge in [0.25, 0.3) is 0 Å². The number of benzene rings is 1. The standard InChI is InChI=1S/C16H21FN2S/c1-12(18)16(13-5-3-6-14(17)11-13)19(2)9-8-15-7-4-10-20-15/h3-7,10-12,16H,8-9,18H2,1-2H3. The molecule has 2 aromatic rings. The van der Waals surface area contributed by atoms with E-state index in [1.54, 1.807) is 23.5 Å². The summed E-state index contributed by atoms with van der Waals surface area (Å²) in [6.45, 7) is 2.88. The number of nitrogens with two attached hydrogens (primary N) is 1. The van der Waals surface area contributed by atoms with Crippen molar-refractivity contribution in [3.05, 3.63) is 58.0 Å². The largest absolute Gasteiger partial charge is 0.326 e. The zero-order chi connectivity index (χ0) is 14.5. The van der Waals surface area contributed by atoms with Crippen LogP contribution in [0.3, 0.4) is 0 Å². The Hall–Kier alpha value is -1.23. The molecule has 0 saturated heterocycles. The Bertz CT molecular complexity index is 525. The lowest BCUT2D eigenvalue weighted by Gasteiger charge is -2.31. The lowest BCUT2D eigenvalue weighted by Crippen LogP contribution is -2.38. The van der Waals surface area contributed by atoms with Gasteiger partial charge in [-0.25, -0.2) is 4.39 Å². The third-order valence-corrected chi connectivity index (χ3v) is 4.39. The van der Waals surface area contributed by atoms with Gasteiger partial charge in [0.1, 0.15) is 5.82 Å². The highest BCUT2D eigenvalue weighted by molar-refractivity contribution is 7.09. The van der Waals surface area contributed by atoms with Gasteiger partial charge in [-0.15, -0.1) is 11.3 Å². The Kier molecular flexibility index (Phi) is 5.29. The van der Waals surface area contributed by atoms with Crippen molar-refractivity contribution < 1.29 is 4.39 Å². The molecule has 0 spiro atoms. The predicted octanol–water partition coefficient (Wildman–Crippen LogP) is 3.45. The molecule has 0 amide bonds. The number of hydrogen-bond donors (Lipinski definition) is 1. The average molecular weight is 292 g/mol. The smallest absolute Gasteiger partial charge is 0.123 e. The highest BCUT2D eigenvalue weighted by atomic mass is 32.1. The van der Waals surface area contributed by atoms with Crippen molar-refractivity contribution in [2.75, 3.05) is 13.6 Å². The van der Waals surface area contributed by atoms with Crippen LogP contribution in [-0.4, -0.2) is 24.5 Å². The van der Waals surface area contributed by atoms with Gasteiger partial charge in [-0.2, -0.15) is 0 Å². The van der Waals surface area contributed by atoms with E-state index in [1.165, 1.54) is 10.9 Å². The molecule has 0 bridgehead atoms. The van der Waals surface area contributed by atoms with Crippen molar-refractivity contribution in [3.8, 4) is 0 Å². The van der Waals surface area contributed by atoms with E-state index in [4.69, 9.17) is 5.73 Å². The van der Waals surface area contributed by atoms with Crippen molar-refractivity contribution in [3.63, 3.8) is 0 Å². The summed E-state index contributed by atoms with van der Waals surface area (Å²) < 4.78 is 13.4. The fourth-order valence-electron chi connectivity index (χ4n) is 2.53. The second kappa shape index (κ2) is 6.97. The van der Waals surface area contributed by atoms with Gasteiger partial charge in [-0.3, -0.25) is 4.90 Å². The Morgan fingerprint density at radius 1 is 1.30 bits per heavy atom. The van der Waals surface area contributed by atoms with E-state index in [0.717, 1.165) is 18.5 Å². The maximum absolute atomic E-state index is 13.4. The number of likely N-dealkylation sites (N-methyl/N-ethyl adjacent to an activating group) is 1. The Morgan fingerprint density at radius 3 is 2.70 bits per heavy atom. The molecule has 2 unspecified atom stereocenters. The minimum absolute atomic E-state index is 0.0330. The van der Waals surface area contributed by atoms with E-state index < -0.39 is 0 Å². The highest BCUT2D eigenvalue weighted by Gasteiger charge is 2.21. The molecule has 0 fully saturated rings. The van der Waals surface area contributed by atoms with Crippen molar-refractivity contribution in [2.24, 2.45) is 5.73 Å². The molecule has 2 rings (SSSR count). The van der Waals surface area contributed by atoms with Gasteiger partial charge < -0.3 is 5.73 Å². The normalized spacial score (nSPS) is 14.4. The predicted molar refractivity (Wildman–Crippen MR) is 83.4 cm³/mol. The molecule has 0 saturated carbocycles. The first-order chi connectivity index (χ1) is 9.58. The third kappa shape index (κ3) is 3.88. The average Bonchev–Trinajstić information content (AvgIpc) is 2.89. The molecule has 1 aromatic carbocycles.